The number of fused-ring (bicyclic) bond motifs is 1. The van der Waals surface area contributed by atoms with Gasteiger partial charge in [0.2, 0.25) is 5.91 Å². The summed E-state index contributed by atoms with van der Waals surface area (Å²) < 4.78 is 15.7. The zero-order valence-corrected chi connectivity index (χ0v) is 18.0. The molecule has 1 aliphatic heterocycles. The lowest BCUT2D eigenvalue weighted by molar-refractivity contribution is -0.127. The SMILES string of the molecule is CC1(C(=O)NC2CCCC2)Cn2nc(-c3cccs3)cc2C(=O)N1c1cccc(F)c1. The van der Waals surface area contributed by atoms with Crippen molar-refractivity contribution in [3.05, 3.63) is 59.4 Å². The summed E-state index contributed by atoms with van der Waals surface area (Å²) in [6.45, 7) is 1.92. The van der Waals surface area contributed by atoms with Gasteiger partial charge in [-0.15, -0.1) is 11.3 Å². The van der Waals surface area contributed by atoms with E-state index in [4.69, 9.17) is 0 Å². The lowest BCUT2D eigenvalue weighted by atomic mass is 9.93. The average Bonchev–Trinajstić information content (AvgIpc) is 3.49. The Morgan fingerprint density at radius 3 is 2.74 bits per heavy atom. The summed E-state index contributed by atoms with van der Waals surface area (Å²) in [5.41, 5.74) is 0.204. The van der Waals surface area contributed by atoms with Crippen LogP contribution in [-0.2, 0) is 11.3 Å². The van der Waals surface area contributed by atoms with Gasteiger partial charge in [0.05, 0.1) is 11.4 Å². The number of rotatable bonds is 4. The Morgan fingerprint density at radius 1 is 1.23 bits per heavy atom. The molecule has 5 rings (SSSR count). The summed E-state index contributed by atoms with van der Waals surface area (Å²) in [7, 11) is 0. The minimum Gasteiger partial charge on any atom is -0.351 e. The molecule has 3 aromatic rings. The second kappa shape index (κ2) is 7.60. The summed E-state index contributed by atoms with van der Waals surface area (Å²) in [5, 5.41) is 9.70. The number of anilines is 1. The van der Waals surface area contributed by atoms with Gasteiger partial charge in [0.1, 0.15) is 22.7 Å². The Balaban J connectivity index is 1.59. The molecule has 1 aromatic carbocycles. The summed E-state index contributed by atoms with van der Waals surface area (Å²) in [6, 6.07) is 11.6. The van der Waals surface area contributed by atoms with E-state index in [0.29, 0.717) is 17.1 Å². The first-order chi connectivity index (χ1) is 15.0. The van der Waals surface area contributed by atoms with Crippen molar-refractivity contribution in [3.63, 3.8) is 0 Å². The number of benzene rings is 1. The zero-order valence-electron chi connectivity index (χ0n) is 17.2. The number of carbonyl (C=O) groups excluding carboxylic acids is 2. The fourth-order valence-electron chi connectivity index (χ4n) is 4.56. The van der Waals surface area contributed by atoms with E-state index in [1.807, 2.05) is 17.5 Å². The lowest BCUT2D eigenvalue weighted by Crippen LogP contribution is -2.65. The van der Waals surface area contributed by atoms with Gasteiger partial charge in [0, 0.05) is 11.7 Å². The summed E-state index contributed by atoms with van der Waals surface area (Å²) in [5.74, 6) is -1.06. The molecule has 0 bridgehead atoms. The van der Waals surface area contributed by atoms with Crippen LogP contribution in [0.3, 0.4) is 0 Å². The van der Waals surface area contributed by atoms with Crippen molar-refractivity contribution < 1.29 is 14.0 Å². The van der Waals surface area contributed by atoms with E-state index in [9.17, 15) is 14.0 Å². The molecule has 1 saturated carbocycles. The number of hydrogen-bond donors (Lipinski definition) is 1. The third kappa shape index (κ3) is 3.44. The van der Waals surface area contributed by atoms with Crippen molar-refractivity contribution >= 4 is 28.8 Å². The highest BCUT2D eigenvalue weighted by Gasteiger charge is 2.49. The van der Waals surface area contributed by atoms with E-state index < -0.39 is 11.4 Å². The fourth-order valence-corrected chi connectivity index (χ4v) is 5.24. The van der Waals surface area contributed by atoms with Crippen molar-refractivity contribution in [1.29, 1.82) is 0 Å². The van der Waals surface area contributed by atoms with Crippen LogP contribution in [-0.4, -0.2) is 33.2 Å². The van der Waals surface area contributed by atoms with Crippen LogP contribution in [0.5, 0.6) is 0 Å². The van der Waals surface area contributed by atoms with Crippen LogP contribution in [0.1, 0.15) is 43.1 Å². The van der Waals surface area contributed by atoms with E-state index in [1.54, 1.807) is 29.8 Å². The van der Waals surface area contributed by atoms with E-state index in [2.05, 4.69) is 10.4 Å². The maximum Gasteiger partial charge on any atom is 0.277 e. The van der Waals surface area contributed by atoms with E-state index in [1.165, 1.54) is 28.4 Å². The minimum absolute atomic E-state index is 0.106. The number of nitrogens with zero attached hydrogens (tertiary/aromatic N) is 3. The first-order valence-corrected chi connectivity index (χ1v) is 11.4. The molecule has 1 N–H and O–H groups in total. The average molecular weight is 439 g/mol. The second-order valence-electron chi connectivity index (χ2n) is 8.40. The van der Waals surface area contributed by atoms with Gasteiger partial charge in [-0.2, -0.15) is 5.10 Å². The highest BCUT2D eigenvalue weighted by Crippen LogP contribution is 2.35. The molecule has 0 radical (unpaired) electrons. The molecule has 1 unspecified atom stereocenters. The molecule has 8 heteroatoms. The molecule has 160 valence electrons. The quantitative estimate of drug-likeness (QED) is 0.663. The smallest absolute Gasteiger partial charge is 0.277 e. The Bertz CT molecular complexity index is 1140. The molecular weight excluding hydrogens is 415 g/mol. The first kappa shape index (κ1) is 19.9. The van der Waals surface area contributed by atoms with E-state index in [-0.39, 0.29) is 24.4 Å². The van der Waals surface area contributed by atoms with Crippen molar-refractivity contribution in [2.45, 2.75) is 50.7 Å². The minimum atomic E-state index is -1.24. The molecular formula is C23H23FN4O2S. The van der Waals surface area contributed by atoms with Gasteiger partial charge in [0.15, 0.2) is 0 Å². The van der Waals surface area contributed by atoms with Crippen molar-refractivity contribution in [2.75, 3.05) is 4.90 Å². The van der Waals surface area contributed by atoms with Gasteiger partial charge in [-0.25, -0.2) is 4.39 Å². The van der Waals surface area contributed by atoms with E-state index >= 15 is 0 Å². The monoisotopic (exact) mass is 438 g/mol. The third-order valence-electron chi connectivity index (χ3n) is 6.17. The number of aromatic nitrogens is 2. The van der Waals surface area contributed by atoms with E-state index in [0.717, 1.165) is 30.6 Å². The van der Waals surface area contributed by atoms with Crippen LogP contribution < -0.4 is 10.2 Å². The molecule has 1 atom stereocenters. The summed E-state index contributed by atoms with van der Waals surface area (Å²) in [6.07, 6.45) is 4.04. The molecule has 1 aliphatic carbocycles. The molecule has 2 aromatic heterocycles. The van der Waals surface area contributed by atoms with Crippen molar-refractivity contribution in [3.8, 4) is 10.6 Å². The Labute approximate surface area is 183 Å². The Hall–Kier alpha value is -3.00. The van der Waals surface area contributed by atoms with Crippen molar-refractivity contribution in [1.82, 2.24) is 15.1 Å². The summed E-state index contributed by atoms with van der Waals surface area (Å²) in [4.78, 5) is 29.5. The molecule has 1 fully saturated rings. The number of amides is 2. The van der Waals surface area contributed by atoms with Crippen LogP contribution in [0.4, 0.5) is 10.1 Å². The first-order valence-electron chi connectivity index (χ1n) is 10.5. The lowest BCUT2D eigenvalue weighted by Gasteiger charge is -2.43. The van der Waals surface area contributed by atoms with Crippen molar-refractivity contribution in [2.24, 2.45) is 0 Å². The predicted molar refractivity (Wildman–Crippen MR) is 118 cm³/mol. The number of halogens is 1. The predicted octanol–water partition coefficient (Wildman–Crippen LogP) is 4.23. The molecule has 6 nitrogen and oxygen atoms in total. The number of thiophene rings is 1. The second-order valence-corrected chi connectivity index (χ2v) is 9.35. The zero-order chi connectivity index (χ0) is 21.6. The normalized spacial score (nSPS) is 21.4. The summed E-state index contributed by atoms with van der Waals surface area (Å²) >= 11 is 1.54. The molecule has 3 heterocycles. The van der Waals surface area contributed by atoms with Crippen LogP contribution in [0.25, 0.3) is 10.6 Å². The third-order valence-corrected chi connectivity index (χ3v) is 7.07. The highest BCUT2D eigenvalue weighted by atomic mass is 32.1. The fraction of sp³-hybridized carbons (Fsp3) is 0.348. The van der Waals surface area contributed by atoms with Crippen LogP contribution in [0.15, 0.2) is 47.8 Å². The van der Waals surface area contributed by atoms with Crippen LogP contribution in [0, 0.1) is 5.82 Å². The van der Waals surface area contributed by atoms with Gasteiger partial charge in [-0.05, 0) is 55.5 Å². The van der Waals surface area contributed by atoms with Gasteiger partial charge < -0.3 is 5.32 Å². The topological polar surface area (TPSA) is 67.2 Å². The number of nitrogens with one attached hydrogen (secondary N) is 1. The molecule has 0 spiro atoms. The van der Waals surface area contributed by atoms with Crippen LogP contribution >= 0.6 is 11.3 Å². The number of carbonyl (C=O) groups is 2. The molecule has 0 saturated heterocycles. The van der Waals surface area contributed by atoms with Crippen LogP contribution in [0.2, 0.25) is 0 Å². The van der Waals surface area contributed by atoms with Gasteiger partial charge in [0.25, 0.3) is 5.91 Å². The number of hydrogen-bond acceptors (Lipinski definition) is 4. The van der Waals surface area contributed by atoms with Gasteiger partial charge in [-0.1, -0.05) is 25.0 Å². The Kier molecular flexibility index (Phi) is 4.89. The maximum atomic E-state index is 14.1. The van der Waals surface area contributed by atoms with Gasteiger partial charge in [-0.3, -0.25) is 19.2 Å². The standard InChI is InChI=1S/C23H23FN4O2S/c1-23(22(30)25-16-7-2-3-8-16)14-27-19(13-18(26-27)20-10-5-11-31-20)21(29)28(23)17-9-4-6-15(24)12-17/h4-6,9-13,16H,2-3,7-8,14H2,1H3,(H,25,30). The largest absolute Gasteiger partial charge is 0.351 e. The maximum absolute atomic E-state index is 14.1. The highest BCUT2D eigenvalue weighted by molar-refractivity contribution is 7.13. The Morgan fingerprint density at radius 2 is 2.03 bits per heavy atom. The molecule has 2 amide bonds. The molecule has 31 heavy (non-hydrogen) atoms. The van der Waals surface area contributed by atoms with Gasteiger partial charge >= 0.3 is 0 Å². The molecule has 2 aliphatic rings.